The molecule has 0 saturated heterocycles. The fourth-order valence-corrected chi connectivity index (χ4v) is 2.66. The quantitative estimate of drug-likeness (QED) is 0.858. The van der Waals surface area contributed by atoms with Gasteiger partial charge in [-0.15, -0.1) is 0 Å². The molecule has 0 radical (unpaired) electrons. The van der Waals surface area contributed by atoms with Gasteiger partial charge < -0.3 is 14.6 Å². The summed E-state index contributed by atoms with van der Waals surface area (Å²) in [5.41, 5.74) is 2.67. The van der Waals surface area contributed by atoms with Crippen molar-refractivity contribution in [2.24, 2.45) is 0 Å². The van der Waals surface area contributed by atoms with Crippen LogP contribution in [-0.2, 0) is 9.53 Å². The van der Waals surface area contributed by atoms with Gasteiger partial charge in [0.25, 0.3) is 5.91 Å². The molecule has 1 saturated carbocycles. The van der Waals surface area contributed by atoms with E-state index >= 15 is 0 Å². The Morgan fingerprint density at radius 3 is 2.54 bits per heavy atom. The highest BCUT2D eigenvalue weighted by atomic mass is 19.1. The Morgan fingerprint density at radius 2 is 1.92 bits per heavy atom. The van der Waals surface area contributed by atoms with Gasteiger partial charge in [-0.05, 0) is 57.0 Å². The van der Waals surface area contributed by atoms with Crippen LogP contribution in [0.25, 0.3) is 5.69 Å². The van der Waals surface area contributed by atoms with Crippen LogP contribution in [0.3, 0.4) is 0 Å². The Balaban J connectivity index is 1.73. The Labute approximate surface area is 139 Å². The maximum absolute atomic E-state index is 13.1. The molecule has 5 nitrogen and oxygen atoms in total. The van der Waals surface area contributed by atoms with E-state index in [2.05, 4.69) is 5.32 Å². The average Bonchev–Trinajstić information content (AvgIpc) is 3.30. The molecule has 1 N–H and O–H groups in total. The Kier molecular flexibility index (Phi) is 4.38. The number of ether oxygens (including phenoxy) is 1. The minimum atomic E-state index is -0.539. The molecule has 24 heavy (non-hydrogen) atoms. The lowest BCUT2D eigenvalue weighted by Gasteiger charge is -2.10. The van der Waals surface area contributed by atoms with Gasteiger partial charge in [-0.25, -0.2) is 9.18 Å². The molecule has 0 atom stereocenters. The van der Waals surface area contributed by atoms with Gasteiger partial charge in [-0.3, -0.25) is 4.79 Å². The number of halogens is 1. The first-order chi connectivity index (χ1) is 11.5. The molecule has 1 aromatic heterocycles. The smallest absolute Gasteiger partial charge is 0.340 e. The lowest BCUT2D eigenvalue weighted by molar-refractivity contribution is -0.124. The lowest BCUT2D eigenvalue weighted by atomic mass is 10.2. The van der Waals surface area contributed by atoms with Gasteiger partial charge in [-0.2, -0.15) is 0 Å². The SMILES string of the molecule is Cc1cc(C(=O)OCC(=O)NC2CC2)c(C)n1-c1ccc(F)cc1. The van der Waals surface area contributed by atoms with E-state index in [1.807, 2.05) is 11.5 Å². The fraction of sp³-hybridized carbons (Fsp3) is 0.333. The number of carbonyl (C=O) groups excluding carboxylic acids is 2. The number of aromatic nitrogens is 1. The van der Waals surface area contributed by atoms with Crippen LogP contribution < -0.4 is 5.32 Å². The Morgan fingerprint density at radius 1 is 1.25 bits per heavy atom. The number of carbonyl (C=O) groups is 2. The van der Waals surface area contributed by atoms with Crippen LogP contribution in [0.4, 0.5) is 4.39 Å². The number of aryl methyl sites for hydroxylation is 1. The minimum absolute atomic E-state index is 0.236. The third-order valence-corrected chi connectivity index (χ3v) is 4.01. The van der Waals surface area contributed by atoms with Crippen LogP contribution in [0.15, 0.2) is 30.3 Å². The summed E-state index contributed by atoms with van der Waals surface area (Å²) in [5.74, 6) is -1.14. The number of amides is 1. The van der Waals surface area contributed by atoms with Gasteiger partial charge in [0.05, 0.1) is 5.56 Å². The molecule has 1 aromatic carbocycles. The van der Waals surface area contributed by atoms with Gasteiger partial charge in [0.15, 0.2) is 6.61 Å². The molecule has 3 rings (SSSR count). The van der Waals surface area contributed by atoms with E-state index in [1.165, 1.54) is 12.1 Å². The average molecular weight is 330 g/mol. The molecular weight excluding hydrogens is 311 g/mol. The first kappa shape index (κ1) is 16.2. The van der Waals surface area contributed by atoms with Crippen molar-refractivity contribution >= 4 is 11.9 Å². The van der Waals surface area contributed by atoms with E-state index in [0.29, 0.717) is 11.3 Å². The number of hydrogen-bond acceptors (Lipinski definition) is 3. The van der Waals surface area contributed by atoms with Crippen LogP contribution in [-0.4, -0.2) is 29.1 Å². The third kappa shape index (κ3) is 3.48. The molecule has 2 aromatic rings. The van der Waals surface area contributed by atoms with Crippen molar-refractivity contribution in [2.45, 2.75) is 32.7 Å². The topological polar surface area (TPSA) is 60.3 Å². The van der Waals surface area contributed by atoms with Crippen LogP contribution in [0, 0.1) is 19.7 Å². The number of esters is 1. The predicted molar refractivity (Wildman–Crippen MR) is 86.6 cm³/mol. The second-order valence-corrected chi connectivity index (χ2v) is 6.01. The van der Waals surface area contributed by atoms with Crippen molar-refractivity contribution in [1.29, 1.82) is 0 Å². The molecular formula is C18H19FN2O3. The zero-order valence-electron chi connectivity index (χ0n) is 13.6. The number of nitrogens with zero attached hydrogens (tertiary/aromatic N) is 1. The lowest BCUT2D eigenvalue weighted by Crippen LogP contribution is -2.30. The Bertz CT molecular complexity index is 776. The van der Waals surface area contributed by atoms with Gasteiger partial charge in [0, 0.05) is 23.1 Å². The molecule has 0 aliphatic heterocycles. The fourth-order valence-electron chi connectivity index (χ4n) is 2.66. The molecule has 0 spiro atoms. The van der Waals surface area contributed by atoms with E-state index < -0.39 is 5.97 Å². The minimum Gasteiger partial charge on any atom is -0.452 e. The zero-order chi connectivity index (χ0) is 17.3. The van der Waals surface area contributed by atoms with Crippen LogP contribution in [0.2, 0.25) is 0 Å². The molecule has 1 fully saturated rings. The Hall–Kier alpha value is -2.63. The van der Waals surface area contributed by atoms with Gasteiger partial charge >= 0.3 is 5.97 Å². The van der Waals surface area contributed by atoms with Crippen molar-refractivity contribution in [3.05, 3.63) is 53.1 Å². The van der Waals surface area contributed by atoms with Gasteiger partial charge in [-0.1, -0.05) is 0 Å². The highest BCUT2D eigenvalue weighted by Crippen LogP contribution is 2.22. The zero-order valence-corrected chi connectivity index (χ0v) is 13.6. The van der Waals surface area contributed by atoms with E-state index in [0.717, 1.165) is 24.2 Å². The molecule has 1 aliphatic rings. The number of hydrogen-bond donors (Lipinski definition) is 1. The monoisotopic (exact) mass is 330 g/mol. The number of rotatable bonds is 5. The summed E-state index contributed by atoms with van der Waals surface area (Å²) in [4.78, 5) is 23.9. The van der Waals surface area contributed by atoms with Crippen LogP contribution in [0.1, 0.15) is 34.6 Å². The molecule has 0 unspecified atom stereocenters. The maximum atomic E-state index is 13.1. The molecule has 1 aliphatic carbocycles. The van der Waals surface area contributed by atoms with Crippen LogP contribution in [0.5, 0.6) is 0 Å². The highest BCUT2D eigenvalue weighted by molar-refractivity contribution is 5.93. The first-order valence-electron chi connectivity index (χ1n) is 7.87. The summed E-state index contributed by atoms with van der Waals surface area (Å²) in [6, 6.07) is 7.98. The second-order valence-electron chi connectivity index (χ2n) is 6.01. The molecule has 126 valence electrons. The van der Waals surface area contributed by atoms with E-state index in [4.69, 9.17) is 4.74 Å². The highest BCUT2D eigenvalue weighted by Gasteiger charge is 2.24. The van der Waals surface area contributed by atoms with Gasteiger partial charge in [0.1, 0.15) is 5.82 Å². The van der Waals surface area contributed by atoms with Crippen molar-refractivity contribution < 1.29 is 18.7 Å². The summed E-state index contributed by atoms with van der Waals surface area (Å²) >= 11 is 0. The molecule has 1 amide bonds. The number of benzene rings is 1. The van der Waals surface area contributed by atoms with Gasteiger partial charge in [0.2, 0.25) is 0 Å². The van der Waals surface area contributed by atoms with Crippen molar-refractivity contribution in [1.82, 2.24) is 9.88 Å². The summed E-state index contributed by atoms with van der Waals surface area (Å²) in [6.45, 7) is 3.36. The van der Waals surface area contributed by atoms with E-state index in [1.54, 1.807) is 25.1 Å². The molecule has 1 heterocycles. The van der Waals surface area contributed by atoms with Crippen molar-refractivity contribution in [3.63, 3.8) is 0 Å². The maximum Gasteiger partial charge on any atom is 0.340 e. The normalized spacial score (nSPS) is 13.6. The number of nitrogens with one attached hydrogen (secondary N) is 1. The largest absolute Gasteiger partial charge is 0.452 e. The predicted octanol–water partition coefficient (Wildman–Crippen LogP) is 2.67. The van der Waals surface area contributed by atoms with Crippen molar-refractivity contribution in [3.8, 4) is 5.69 Å². The van der Waals surface area contributed by atoms with Crippen molar-refractivity contribution in [2.75, 3.05) is 6.61 Å². The first-order valence-corrected chi connectivity index (χ1v) is 7.87. The molecule has 6 heteroatoms. The summed E-state index contributed by atoms with van der Waals surface area (Å²) in [5, 5.41) is 2.77. The van der Waals surface area contributed by atoms with E-state index in [-0.39, 0.29) is 24.4 Å². The van der Waals surface area contributed by atoms with Crippen LogP contribution >= 0.6 is 0 Å². The summed E-state index contributed by atoms with van der Waals surface area (Å²) in [6.07, 6.45) is 1.97. The third-order valence-electron chi connectivity index (χ3n) is 4.01. The molecule has 0 bridgehead atoms. The van der Waals surface area contributed by atoms with E-state index in [9.17, 15) is 14.0 Å². The standard InChI is InChI=1S/C18H19FN2O3/c1-11-9-16(18(23)24-10-17(22)20-14-5-6-14)12(2)21(11)15-7-3-13(19)4-8-15/h3-4,7-9,14H,5-6,10H2,1-2H3,(H,20,22). The summed E-state index contributed by atoms with van der Waals surface area (Å²) < 4.78 is 20.0. The summed E-state index contributed by atoms with van der Waals surface area (Å²) in [7, 11) is 0. The second kappa shape index (κ2) is 6.47.